The zero-order valence-corrected chi connectivity index (χ0v) is 14.5. The summed E-state index contributed by atoms with van der Waals surface area (Å²) in [5, 5.41) is 31.9. The van der Waals surface area contributed by atoms with Crippen LogP contribution in [0, 0.1) is 11.8 Å². The van der Waals surface area contributed by atoms with Gasteiger partial charge < -0.3 is 31.1 Å². The van der Waals surface area contributed by atoms with E-state index in [1.807, 2.05) is 0 Å². The zero-order valence-electron chi connectivity index (χ0n) is 14.5. The second-order valence-electron chi connectivity index (χ2n) is 5.85. The molecule has 3 rings (SSSR count). The largest absolute Gasteiger partial charge is 0.395 e. The molecular formula is C16H20N6O5. The molecule has 1 saturated heterocycles. The van der Waals surface area contributed by atoms with E-state index in [-0.39, 0.29) is 35.8 Å². The Morgan fingerprint density at radius 3 is 2.89 bits per heavy atom. The van der Waals surface area contributed by atoms with Crippen LogP contribution in [0.3, 0.4) is 0 Å². The smallest absolute Gasteiger partial charge is 0.252 e. The predicted octanol–water partition coefficient (Wildman–Crippen LogP) is -2.10. The van der Waals surface area contributed by atoms with E-state index in [1.54, 1.807) is 6.92 Å². The molecule has 144 valence electrons. The SMILES string of the molecule is CCNC(=O)C1OC(n2cnc3c(N)nc(C#CCCO)nc32)C(O)C1O. The molecule has 27 heavy (non-hydrogen) atoms. The van der Waals surface area contributed by atoms with E-state index in [2.05, 4.69) is 32.1 Å². The first-order valence-corrected chi connectivity index (χ1v) is 8.37. The van der Waals surface area contributed by atoms with Crippen LogP contribution in [0.2, 0.25) is 0 Å². The molecular weight excluding hydrogens is 356 g/mol. The van der Waals surface area contributed by atoms with Crippen molar-refractivity contribution in [1.82, 2.24) is 24.8 Å². The number of ether oxygens (including phenoxy) is 1. The van der Waals surface area contributed by atoms with Gasteiger partial charge in [0.05, 0.1) is 12.9 Å². The highest BCUT2D eigenvalue weighted by atomic mass is 16.6. The average Bonchev–Trinajstić information content (AvgIpc) is 3.18. The van der Waals surface area contributed by atoms with Crippen molar-refractivity contribution in [3.05, 3.63) is 12.2 Å². The zero-order chi connectivity index (χ0) is 19.6. The van der Waals surface area contributed by atoms with Crippen molar-refractivity contribution in [3.8, 4) is 11.8 Å². The van der Waals surface area contributed by atoms with Crippen molar-refractivity contribution in [2.24, 2.45) is 0 Å². The monoisotopic (exact) mass is 376 g/mol. The Morgan fingerprint density at radius 2 is 2.19 bits per heavy atom. The Morgan fingerprint density at radius 1 is 1.41 bits per heavy atom. The van der Waals surface area contributed by atoms with Crippen LogP contribution in [0.1, 0.15) is 25.4 Å². The van der Waals surface area contributed by atoms with Gasteiger partial charge in [-0.05, 0) is 12.8 Å². The summed E-state index contributed by atoms with van der Waals surface area (Å²) in [4.78, 5) is 24.4. The highest BCUT2D eigenvalue weighted by Gasteiger charge is 2.47. The predicted molar refractivity (Wildman–Crippen MR) is 92.9 cm³/mol. The number of aromatic nitrogens is 4. The maximum Gasteiger partial charge on any atom is 0.252 e. The Kier molecular flexibility index (Phi) is 5.52. The molecule has 0 saturated carbocycles. The molecule has 0 spiro atoms. The number of aliphatic hydroxyl groups excluding tert-OH is 3. The summed E-state index contributed by atoms with van der Waals surface area (Å²) in [7, 11) is 0. The van der Waals surface area contributed by atoms with Gasteiger partial charge >= 0.3 is 0 Å². The van der Waals surface area contributed by atoms with Crippen LogP contribution < -0.4 is 11.1 Å². The fraction of sp³-hybridized carbons (Fsp3) is 0.500. The number of imidazole rings is 1. The number of hydrogen-bond donors (Lipinski definition) is 5. The summed E-state index contributed by atoms with van der Waals surface area (Å²) in [6.45, 7) is 2.00. The lowest BCUT2D eigenvalue weighted by Crippen LogP contribution is -2.42. The first kappa shape index (κ1) is 19.0. The molecule has 11 heteroatoms. The normalized spacial score (nSPS) is 24.6. The Bertz CT molecular complexity index is 904. The van der Waals surface area contributed by atoms with Crippen LogP contribution >= 0.6 is 0 Å². The number of nitrogens with two attached hydrogens (primary N) is 1. The number of likely N-dealkylation sites (N-methyl/N-ethyl adjacent to an activating group) is 1. The molecule has 6 N–H and O–H groups in total. The third-order valence-corrected chi connectivity index (χ3v) is 4.01. The fourth-order valence-corrected chi connectivity index (χ4v) is 2.76. The van der Waals surface area contributed by atoms with Crippen molar-refractivity contribution in [1.29, 1.82) is 0 Å². The number of rotatable bonds is 4. The van der Waals surface area contributed by atoms with Gasteiger partial charge in [-0.1, -0.05) is 5.92 Å². The van der Waals surface area contributed by atoms with Gasteiger partial charge in [0, 0.05) is 13.0 Å². The van der Waals surface area contributed by atoms with Crippen LogP contribution in [0.5, 0.6) is 0 Å². The molecule has 0 aromatic carbocycles. The molecule has 11 nitrogen and oxygen atoms in total. The van der Waals surface area contributed by atoms with E-state index >= 15 is 0 Å². The van der Waals surface area contributed by atoms with Crippen LogP contribution in [0.25, 0.3) is 11.2 Å². The van der Waals surface area contributed by atoms with Gasteiger partial charge in [-0.3, -0.25) is 9.36 Å². The van der Waals surface area contributed by atoms with Gasteiger partial charge in [0.1, 0.15) is 17.7 Å². The molecule has 0 bridgehead atoms. The number of hydrogen-bond acceptors (Lipinski definition) is 9. The molecule has 4 atom stereocenters. The molecule has 4 unspecified atom stereocenters. The van der Waals surface area contributed by atoms with Gasteiger partial charge in [-0.25, -0.2) is 15.0 Å². The molecule has 0 radical (unpaired) electrons. The van der Waals surface area contributed by atoms with E-state index in [1.165, 1.54) is 10.9 Å². The lowest BCUT2D eigenvalue weighted by Gasteiger charge is -2.16. The Balaban J connectivity index is 1.97. The molecule has 1 aliphatic rings. The van der Waals surface area contributed by atoms with E-state index in [9.17, 15) is 15.0 Å². The number of amides is 1. The van der Waals surface area contributed by atoms with E-state index < -0.39 is 30.4 Å². The second-order valence-corrected chi connectivity index (χ2v) is 5.85. The first-order valence-electron chi connectivity index (χ1n) is 8.37. The van der Waals surface area contributed by atoms with Crippen molar-refractivity contribution >= 4 is 22.9 Å². The minimum atomic E-state index is -1.41. The molecule has 1 fully saturated rings. The number of nitrogens with zero attached hydrogens (tertiary/aromatic N) is 4. The summed E-state index contributed by atoms with van der Waals surface area (Å²) in [5.41, 5.74) is 6.40. The summed E-state index contributed by atoms with van der Waals surface area (Å²) in [5.74, 6) is 5.04. The number of nitrogens with one attached hydrogen (secondary N) is 1. The van der Waals surface area contributed by atoms with Crippen LogP contribution in [-0.4, -0.2) is 72.2 Å². The summed E-state index contributed by atoms with van der Waals surface area (Å²) < 4.78 is 6.94. The first-order chi connectivity index (χ1) is 13.0. The average molecular weight is 376 g/mol. The molecule has 2 aromatic heterocycles. The fourth-order valence-electron chi connectivity index (χ4n) is 2.76. The van der Waals surface area contributed by atoms with Crippen LogP contribution in [0.15, 0.2) is 6.33 Å². The van der Waals surface area contributed by atoms with Crippen molar-refractivity contribution in [2.45, 2.75) is 37.9 Å². The molecule has 1 amide bonds. The minimum Gasteiger partial charge on any atom is -0.395 e. The topological polar surface area (TPSA) is 169 Å². The summed E-state index contributed by atoms with van der Waals surface area (Å²) >= 11 is 0. The number of anilines is 1. The summed E-state index contributed by atoms with van der Waals surface area (Å²) in [6, 6.07) is 0. The van der Waals surface area contributed by atoms with Gasteiger partial charge in [-0.2, -0.15) is 0 Å². The van der Waals surface area contributed by atoms with Gasteiger partial charge in [0.15, 0.2) is 23.8 Å². The second kappa shape index (κ2) is 7.85. The maximum atomic E-state index is 12.0. The molecule has 1 aliphatic heterocycles. The van der Waals surface area contributed by atoms with E-state index in [0.29, 0.717) is 6.54 Å². The quantitative estimate of drug-likeness (QED) is 0.375. The van der Waals surface area contributed by atoms with Crippen LogP contribution in [0.4, 0.5) is 5.82 Å². The highest BCUT2D eigenvalue weighted by Crippen LogP contribution is 2.32. The number of nitrogen functional groups attached to an aromatic ring is 1. The molecule has 2 aromatic rings. The lowest BCUT2D eigenvalue weighted by molar-refractivity contribution is -0.137. The number of carbonyl (C=O) groups excluding carboxylic acids is 1. The Labute approximate surface area is 154 Å². The summed E-state index contributed by atoms with van der Waals surface area (Å²) in [6.07, 6.45) is -3.53. The number of carbonyl (C=O) groups is 1. The Hall–Kier alpha value is -2.78. The third-order valence-electron chi connectivity index (χ3n) is 4.01. The number of aliphatic hydroxyl groups is 3. The van der Waals surface area contributed by atoms with Gasteiger partial charge in [0.25, 0.3) is 5.91 Å². The standard InChI is InChI=1S/C16H20N6O5/c1-2-18-15(26)12-10(24)11(25)16(27-12)22-7-19-9-13(17)20-8(21-14(9)22)5-3-4-6-23/h7,10-12,16,23-25H,2,4,6H2,1H3,(H,18,26)(H2,17,20,21). The van der Waals surface area contributed by atoms with E-state index in [0.717, 1.165) is 0 Å². The third kappa shape index (κ3) is 3.56. The molecule has 3 heterocycles. The van der Waals surface area contributed by atoms with Crippen molar-refractivity contribution in [2.75, 3.05) is 18.9 Å². The van der Waals surface area contributed by atoms with Gasteiger partial charge in [-0.15, -0.1) is 0 Å². The highest BCUT2D eigenvalue weighted by molar-refractivity contribution is 5.83. The molecule has 0 aliphatic carbocycles. The van der Waals surface area contributed by atoms with Crippen molar-refractivity contribution in [3.63, 3.8) is 0 Å². The minimum absolute atomic E-state index is 0.0837. The van der Waals surface area contributed by atoms with Gasteiger partial charge in [0.2, 0.25) is 5.82 Å². The van der Waals surface area contributed by atoms with E-state index in [4.69, 9.17) is 15.6 Å². The maximum absolute atomic E-state index is 12.0. The van der Waals surface area contributed by atoms with Crippen LogP contribution in [-0.2, 0) is 9.53 Å². The lowest BCUT2D eigenvalue weighted by atomic mass is 10.1. The van der Waals surface area contributed by atoms with Crippen molar-refractivity contribution < 1.29 is 24.9 Å². The number of fused-ring (bicyclic) bond motifs is 1.